The number of allylic oxidation sites excluding steroid dienone is 20. The van der Waals surface area contributed by atoms with Gasteiger partial charge in [-0.15, -0.1) is 0 Å². The topological polar surface area (TPSA) is 72.8 Å². The SMILES string of the molecule is CC/C=C\C/C=C\C/C=C\C/C=C\C/C=C\C/C=C\C/C=C\CCCCCCCCCCCCCCCCCCCCCC(=O)OC(CO)COC(=O)CCCCC/C=C\C/C=C\C/C=C\CC. The maximum Gasteiger partial charge on any atom is 0.306 e. The van der Waals surface area contributed by atoms with E-state index in [0.717, 1.165) is 109 Å². The lowest BCUT2D eigenvalue weighted by molar-refractivity contribution is -0.161. The molecule has 0 aromatic heterocycles. The molecule has 0 heterocycles. The molecule has 0 fully saturated rings. The molecule has 68 heavy (non-hydrogen) atoms. The lowest BCUT2D eigenvalue weighted by Crippen LogP contribution is -2.28. The zero-order chi connectivity index (χ0) is 49.2. The number of carbonyl (C=O) groups is 2. The highest BCUT2D eigenvalue weighted by atomic mass is 16.6. The summed E-state index contributed by atoms with van der Waals surface area (Å²) in [5.41, 5.74) is 0. The molecular formula is C63H104O5. The van der Waals surface area contributed by atoms with Crippen LogP contribution < -0.4 is 0 Å². The van der Waals surface area contributed by atoms with Crippen molar-refractivity contribution in [3.63, 3.8) is 0 Å². The lowest BCUT2D eigenvalue weighted by Gasteiger charge is -2.15. The molecule has 0 saturated carbocycles. The Morgan fingerprint density at radius 1 is 0.338 bits per heavy atom. The van der Waals surface area contributed by atoms with E-state index >= 15 is 0 Å². The first-order chi connectivity index (χ1) is 33.6. The molecule has 0 aliphatic heterocycles. The number of aliphatic hydroxyl groups is 1. The molecule has 0 aromatic carbocycles. The molecule has 0 rings (SSSR count). The summed E-state index contributed by atoms with van der Waals surface area (Å²) >= 11 is 0. The Balaban J connectivity index is 3.47. The first kappa shape index (κ1) is 64.3. The average Bonchev–Trinajstić information content (AvgIpc) is 3.34. The van der Waals surface area contributed by atoms with Gasteiger partial charge in [0, 0.05) is 12.8 Å². The largest absolute Gasteiger partial charge is 0.462 e. The predicted octanol–water partition coefficient (Wildman–Crippen LogP) is 19.1. The van der Waals surface area contributed by atoms with Crippen molar-refractivity contribution < 1.29 is 24.2 Å². The lowest BCUT2D eigenvalue weighted by atomic mass is 10.0. The second kappa shape index (κ2) is 57.6. The predicted molar refractivity (Wildman–Crippen MR) is 297 cm³/mol. The average molecular weight is 942 g/mol. The molecule has 1 N–H and O–H groups in total. The molecule has 1 atom stereocenters. The van der Waals surface area contributed by atoms with E-state index in [2.05, 4.69) is 135 Å². The summed E-state index contributed by atoms with van der Waals surface area (Å²) in [6.45, 7) is 3.88. The van der Waals surface area contributed by atoms with Crippen LogP contribution in [0.25, 0.3) is 0 Å². The maximum absolute atomic E-state index is 12.3. The molecule has 0 spiro atoms. The van der Waals surface area contributed by atoms with Crippen molar-refractivity contribution in [1.82, 2.24) is 0 Å². The molecule has 1 unspecified atom stereocenters. The summed E-state index contributed by atoms with van der Waals surface area (Å²) in [4.78, 5) is 24.4. The number of hydrogen-bond acceptors (Lipinski definition) is 5. The Hall–Kier alpha value is -3.70. The summed E-state index contributed by atoms with van der Waals surface area (Å²) in [5, 5.41) is 9.61. The monoisotopic (exact) mass is 941 g/mol. The molecule has 0 saturated heterocycles. The second-order valence-electron chi connectivity index (χ2n) is 18.2. The molecule has 0 aromatic rings. The highest BCUT2D eigenvalue weighted by molar-refractivity contribution is 5.70. The molecule has 0 aliphatic carbocycles. The Labute approximate surface area is 420 Å². The number of rotatable bonds is 50. The first-order valence-corrected chi connectivity index (χ1v) is 28.1. The van der Waals surface area contributed by atoms with Gasteiger partial charge < -0.3 is 14.6 Å². The molecule has 5 nitrogen and oxygen atoms in total. The molecular weight excluding hydrogens is 837 g/mol. The van der Waals surface area contributed by atoms with Crippen molar-refractivity contribution in [3.8, 4) is 0 Å². The van der Waals surface area contributed by atoms with E-state index in [9.17, 15) is 14.7 Å². The van der Waals surface area contributed by atoms with E-state index in [0.29, 0.717) is 12.8 Å². The third kappa shape index (κ3) is 54.9. The van der Waals surface area contributed by atoms with Gasteiger partial charge in [0.15, 0.2) is 6.10 Å². The van der Waals surface area contributed by atoms with E-state index in [1.165, 1.54) is 109 Å². The van der Waals surface area contributed by atoms with E-state index in [4.69, 9.17) is 9.47 Å². The van der Waals surface area contributed by atoms with Crippen LogP contribution in [0.5, 0.6) is 0 Å². The number of unbranched alkanes of at least 4 members (excludes halogenated alkanes) is 22. The fourth-order valence-corrected chi connectivity index (χ4v) is 7.61. The Morgan fingerprint density at radius 2 is 0.588 bits per heavy atom. The van der Waals surface area contributed by atoms with Gasteiger partial charge >= 0.3 is 11.9 Å². The standard InChI is InChI=1S/C63H104O5/c1-3-5-7-9-11-13-15-17-18-19-20-21-22-23-24-25-26-27-28-29-30-31-32-33-34-35-36-37-38-39-40-41-42-43-44-46-48-50-52-54-56-58-63(66)68-61(59-64)60-67-62(65)57-55-53-51-49-47-45-16-14-12-10-8-6-4-2/h5-8,11-14,17-18,20-21,23-24,26-27,29-30,45,47,61,64H,3-4,9-10,15-16,19,22,25,28,31-44,46,48-60H2,1-2H3/b7-5-,8-6-,13-11-,14-12-,18-17-,21-20-,24-23-,27-26-,30-29-,47-45-. The third-order valence-electron chi connectivity index (χ3n) is 11.8. The van der Waals surface area contributed by atoms with Crippen LogP contribution in [0, 0.1) is 0 Å². The normalized spacial score (nSPS) is 13.2. The van der Waals surface area contributed by atoms with Crippen LogP contribution in [0.3, 0.4) is 0 Å². The van der Waals surface area contributed by atoms with Gasteiger partial charge in [0.1, 0.15) is 6.61 Å². The molecule has 386 valence electrons. The zero-order valence-corrected chi connectivity index (χ0v) is 44.1. The minimum Gasteiger partial charge on any atom is -0.462 e. The molecule has 0 radical (unpaired) electrons. The summed E-state index contributed by atoms with van der Waals surface area (Å²) < 4.78 is 10.6. The smallest absolute Gasteiger partial charge is 0.306 e. The number of ether oxygens (including phenoxy) is 2. The molecule has 0 aliphatic rings. The van der Waals surface area contributed by atoms with Gasteiger partial charge in [-0.25, -0.2) is 0 Å². The quantitative estimate of drug-likeness (QED) is 0.0374. The highest BCUT2D eigenvalue weighted by Gasteiger charge is 2.16. The third-order valence-corrected chi connectivity index (χ3v) is 11.8. The van der Waals surface area contributed by atoms with Gasteiger partial charge in [-0.3, -0.25) is 9.59 Å². The van der Waals surface area contributed by atoms with Gasteiger partial charge in [0.25, 0.3) is 0 Å². The van der Waals surface area contributed by atoms with Gasteiger partial charge in [0.2, 0.25) is 0 Å². The number of aliphatic hydroxyl groups excluding tert-OH is 1. The van der Waals surface area contributed by atoms with Crippen molar-refractivity contribution in [2.24, 2.45) is 0 Å². The van der Waals surface area contributed by atoms with E-state index in [1.807, 2.05) is 0 Å². The highest BCUT2D eigenvalue weighted by Crippen LogP contribution is 2.16. The van der Waals surface area contributed by atoms with Crippen LogP contribution in [0.15, 0.2) is 122 Å². The number of carbonyl (C=O) groups excluding carboxylic acids is 2. The van der Waals surface area contributed by atoms with E-state index in [-0.39, 0.29) is 25.2 Å². The van der Waals surface area contributed by atoms with Crippen molar-refractivity contribution in [2.75, 3.05) is 13.2 Å². The van der Waals surface area contributed by atoms with Gasteiger partial charge in [-0.2, -0.15) is 0 Å². The van der Waals surface area contributed by atoms with Crippen molar-refractivity contribution >= 4 is 11.9 Å². The number of hydrogen-bond donors (Lipinski definition) is 1. The van der Waals surface area contributed by atoms with Crippen LogP contribution in [0.4, 0.5) is 0 Å². The van der Waals surface area contributed by atoms with E-state index in [1.54, 1.807) is 0 Å². The Kier molecular flexibility index (Phi) is 54.5. The van der Waals surface area contributed by atoms with Crippen molar-refractivity contribution in [3.05, 3.63) is 122 Å². The zero-order valence-electron chi connectivity index (χ0n) is 44.1. The fraction of sp³-hybridized carbons (Fsp3) is 0.651. The summed E-state index contributed by atoms with van der Waals surface area (Å²) in [7, 11) is 0. The van der Waals surface area contributed by atoms with Gasteiger partial charge in [-0.05, 0) is 103 Å². The number of esters is 2. The van der Waals surface area contributed by atoms with Gasteiger partial charge in [-0.1, -0.05) is 251 Å². The van der Waals surface area contributed by atoms with Crippen LogP contribution in [-0.4, -0.2) is 36.4 Å². The summed E-state index contributed by atoms with van der Waals surface area (Å²) in [5.74, 6) is -0.625. The van der Waals surface area contributed by atoms with Crippen LogP contribution in [0.1, 0.15) is 245 Å². The molecule has 0 amide bonds. The molecule has 5 heteroatoms. The van der Waals surface area contributed by atoms with Crippen LogP contribution >= 0.6 is 0 Å². The minimum atomic E-state index is -0.788. The Bertz CT molecular complexity index is 1390. The van der Waals surface area contributed by atoms with Crippen molar-refractivity contribution in [1.29, 1.82) is 0 Å². The van der Waals surface area contributed by atoms with Gasteiger partial charge in [0.05, 0.1) is 6.61 Å². The Morgan fingerprint density at radius 3 is 0.897 bits per heavy atom. The second-order valence-corrected chi connectivity index (χ2v) is 18.2. The van der Waals surface area contributed by atoms with Crippen LogP contribution in [-0.2, 0) is 19.1 Å². The summed E-state index contributed by atoms with van der Waals surface area (Å²) in [6.07, 6.45) is 84.8. The fourth-order valence-electron chi connectivity index (χ4n) is 7.61. The summed E-state index contributed by atoms with van der Waals surface area (Å²) in [6, 6.07) is 0. The maximum atomic E-state index is 12.3. The van der Waals surface area contributed by atoms with E-state index < -0.39 is 6.10 Å². The molecule has 0 bridgehead atoms. The minimum absolute atomic E-state index is 0.0841. The van der Waals surface area contributed by atoms with Crippen molar-refractivity contribution in [2.45, 2.75) is 251 Å². The van der Waals surface area contributed by atoms with Crippen LogP contribution in [0.2, 0.25) is 0 Å². The first-order valence-electron chi connectivity index (χ1n) is 28.1.